The molecule has 0 bridgehead atoms. The third-order valence-electron chi connectivity index (χ3n) is 1.28. The van der Waals surface area contributed by atoms with Crippen molar-refractivity contribution in [3.8, 4) is 0 Å². The Labute approximate surface area is 73.3 Å². The highest BCUT2D eigenvalue weighted by Gasteiger charge is 1.99. The number of rotatable bonds is 0. The third kappa shape index (κ3) is 1.44. The van der Waals surface area contributed by atoms with Gasteiger partial charge in [0.05, 0.1) is 0 Å². The first-order chi connectivity index (χ1) is 4.61. The Morgan fingerprint density at radius 2 is 2.10 bits per heavy atom. The molecule has 0 aliphatic carbocycles. The Hall–Kier alpha value is -0.210. The number of benzene rings is 1. The molecule has 0 aromatic heterocycles. The minimum absolute atomic E-state index is 0.676. The van der Waals surface area contributed by atoms with Gasteiger partial charge >= 0.3 is 0 Å². The standard InChI is InChI=1S/C7H7BrClN/c1-4-2-5(8)7(10)3-6(4)9/h2-3H,10H2,1H3. The molecular weight excluding hydrogens is 213 g/mol. The van der Waals surface area contributed by atoms with Gasteiger partial charge in [0.15, 0.2) is 0 Å². The van der Waals surface area contributed by atoms with Gasteiger partial charge in [0.25, 0.3) is 0 Å². The first-order valence-corrected chi connectivity index (χ1v) is 3.99. The van der Waals surface area contributed by atoms with E-state index in [0.717, 1.165) is 10.0 Å². The molecule has 0 aliphatic rings. The zero-order valence-corrected chi connectivity index (χ0v) is 7.83. The lowest BCUT2D eigenvalue weighted by Gasteiger charge is -2.01. The van der Waals surface area contributed by atoms with E-state index in [1.54, 1.807) is 6.07 Å². The Morgan fingerprint density at radius 3 is 2.60 bits per heavy atom. The molecule has 54 valence electrons. The molecular formula is C7H7BrClN. The van der Waals surface area contributed by atoms with Crippen LogP contribution < -0.4 is 5.73 Å². The van der Waals surface area contributed by atoms with E-state index in [1.807, 2.05) is 13.0 Å². The molecule has 0 aliphatic heterocycles. The summed E-state index contributed by atoms with van der Waals surface area (Å²) in [5.41, 5.74) is 7.27. The van der Waals surface area contributed by atoms with Crippen molar-refractivity contribution in [1.82, 2.24) is 0 Å². The summed E-state index contributed by atoms with van der Waals surface area (Å²) in [4.78, 5) is 0. The van der Waals surface area contributed by atoms with E-state index in [2.05, 4.69) is 15.9 Å². The fraction of sp³-hybridized carbons (Fsp3) is 0.143. The number of hydrogen-bond acceptors (Lipinski definition) is 1. The lowest BCUT2D eigenvalue weighted by Crippen LogP contribution is -1.87. The van der Waals surface area contributed by atoms with Crippen molar-refractivity contribution in [1.29, 1.82) is 0 Å². The van der Waals surface area contributed by atoms with E-state index in [1.165, 1.54) is 0 Å². The molecule has 0 fully saturated rings. The number of nitrogens with two attached hydrogens (primary N) is 1. The summed E-state index contributed by atoms with van der Waals surface area (Å²) in [7, 11) is 0. The van der Waals surface area contributed by atoms with Crippen LogP contribution in [-0.2, 0) is 0 Å². The van der Waals surface area contributed by atoms with Crippen LogP contribution in [-0.4, -0.2) is 0 Å². The van der Waals surface area contributed by atoms with Gasteiger partial charge in [-0.3, -0.25) is 0 Å². The first kappa shape index (κ1) is 7.89. The smallest absolute Gasteiger partial charge is 0.0473 e. The van der Waals surface area contributed by atoms with E-state index in [4.69, 9.17) is 17.3 Å². The molecule has 3 heteroatoms. The predicted molar refractivity (Wildman–Crippen MR) is 48.3 cm³/mol. The molecule has 1 rings (SSSR count). The average Bonchev–Trinajstić information content (AvgIpc) is 1.84. The SMILES string of the molecule is Cc1cc(Br)c(N)cc1Cl. The molecule has 0 amide bonds. The van der Waals surface area contributed by atoms with E-state index >= 15 is 0 Å². The van der Waals surface area contributed by atoms with Crippen molar-refractivity contribution in [3.05, 3.63) is 27.2 Å². The summed E-state index contributed by atoms with van der Waals surface area (Å²) in [6.07, 6.45) is 0. The second kappa shape index (κ2) is 2.81. The van der Waals surface area contributed by atoms with Crippen LogP contribution in [0.4, 0.5) is 5.69 Å². The Bertz CT molecular complexity index is 210. The van der Waals surface area contributed by atoms with Gasteiger partial charge in [-0.1, -0.05) is 11.6 Å². The highest BCUT2D eigenvalue weighted by atomic mass is 79.9. The van der Waals surface area contributed by atoms with Gasteiger partial charge < -0.3 is 5.73 Å². The highest BCUT2D eigenvalue weighted by molar-refractivity contribution is 9.10. The zero-order valence-electron chi connectivity index (χ0n) is 5.49. The van der Waals surface area contributed by atoms with Crippen LogP contribution >= 0.6 is 27.5 Å². The van der Waals surface area contributed by atoms with Crippen LogP contribution in [0.25, 0.3) is 0 Å². The summed E-state index contributed by atoms with van der Waals surface area (Å²) in [6, 6.07) is 3.64. The third-order valence-corrected chi connectivity index (χ3v) is 2.37. The summed E-state index contributed by atoms with van der Waals surface area (Å²) >= 11 is 9.08. The fourth-order valence-electron chi connectivity index (χ4n) is 0.662. The van der Waals surface area contributed by atoms with Crippen LogP contribution in [0, 0.1) is 6.92 Å². The normalized spacial score (nSPS) is 9.90. The topological polar surface area (TPSA) is 26.0 Å². The molecule has 0 heterocycles. The second-order valence-corrected chi connectivity index (χ2v) is 3.38. The van der Waals surface area contributed by atoms with Gasteiger partial charge in [-0.15, -0.1) is 0 Å². The molecule has 0 saturated heterocycles. The number of anilines is 1. The van der Waals surface area contributed by atoms with Gasteiger partial charge in [-0.05, 0) is 40.5 Å². The minimum atomic E-state index is 0.676. The van der Waals surface area contributed by atoms with Crippen molar-refractivity contribution in [3.63, 3.8) is 0 Å². The van der Waals surface area contributed by atoms with Crippen LogP contribution in [0.3, 0.4) is 0 Å². The number of nitrogen functional groups attached to an aromatic ring is 1. The van der Waals surface area contributed by atoms with Crippen LogP contribution in [0.1, 0.15) is 5.56 Å². The Balaban J connectivity index is 3.28. The molecule has 0 unspecified atom stereocenters. The maximum atomic E-state index is 5.79. The zero-order chi connectivity index (χ0) is 7.72. The maximum Gasteiger partial charge on any atom is 0.0473 e. The summed E-state index contributed by atoms with van der Waals surface area (Å²) in [5, 5.41) is 0.709. The van der Waals surface area contributed by atoms with Crippen molar-refractivity contribution in [2.75, 3.05) is 5.73 Å². The van der Waals surface area contributed by atoms with Gasteiger partial charge in [-0.25, -0.2) is 0 Å². The van der Waals surface area contributed by atoms with Gasteiger partial charge in [-0.2, -0.15) is 0 Å². The quantitative estimate of drug-likeness (QED) is 0.668. The van der Waals surface area contributed by atoms with Crippen LogP contribution in [0.15, 0.2) is 16.6 Å². The number of hydrogen-bond donors (Lipinski definition) is 1. The fourth-order valence-corrected chi connectivity index (χ4v) is 1.29. The summed E-state index contributed by atoms with van der Waals surface area (Å²) in [6.45, 7) is 1.94. The number of aryl methyl sites for hydroxylation is 1. The first-order valence-electron chi connectivity index (χ1n) is 2.82. The van der Waals surface area contributed by atoms with Crippen molar-refractivity contribution in [2.24, 2.45) is 0 Å². The predicted octanol–water partition coefficient (Wildman–Crippen LogP) is 2.99. The molecule has 1 aromatic rings. The lowest BCUT2D eigenvalue weighted by molar-refractivity contribution is 1.45. The van der Waals surface area contributed by atoms with Crippen molar-refractivity contribution >= 4 is 33.2 Å². The monoisotopic (exact) mass is 219 g/mol. The molecule has 0 atom stereocenters. The van der Waals surface area contributed by atoms with Gasteiger partial charge in [0, 0.05) is 15.2 Å². The number of halogens is 2. The Morgan fingerprint density at radius 1 is 1.50 bits per heavy atom. The van der Waals surface area contributed by atoms with E-state index < -0.39 is 0 Å². The molecule has 0 radical (unpaired) electrons. The lowest BCUT2D eigenvalue weighted by atomic mass is 10.2. The van der Waals surface area contributed by atoms with Crippen LogP contribution in [0.2, 0.25) is 5.02 Å². The minimum Gasteiger partial charge on any atom is -0.398 e. The largest absolute Gasteiger partial charge is 0.398 e. The molecule has 0 saturated carbocycles. The van der Waals surface area contributed by atoms with E-state index in [-0.39, 0.29) is 0 Å². The van der Waals surface area contributed by atoms with Crippen molar-refractivity contribution in [2.45, 2.75) is 6.92 Å². The molecule has 10 heavy (non-hydrogen) atoms. The van der Waals surface area contributed by atoms with Crippen molar-refractivity contribution < 1.29 is 0 Å². The average molecular weight is 220 g/mol. The van der Waals surface area contributed by atoms with E-state index in [9.17, 15) is 0 Å². The second-order valence-electron chi connectivity index (χ2n) is 2.12. The van der Waals surface area contributed by atoms with Gasteiger partial charge in [0.2, 0.25) is 0 Å². The summed E-state index contributed by atoms with van der Waals surface area (Å²) in [5.74, 6) is 0. The van der Waals surface area contributed by atoms with Crippen LogP contribution in [0.5, 0.6) is 0 Å². The van der Waals surface area contributed by atoms with E-state index in [0.29, 0.717) is 10.7 Å². The molecule has 1 aromatic carbocycles. The highest BCUT2D eigenvalue weighted by Crippen LogP contribution is 2.26. The molecule has 0 spiro atoms. The van der Waals surface area contributed by atoms with Gasteiger partial charge in [0.1, 0.15) is 0 Å². The molecule has 2 N–H and O–H groups in total. The summed E-state index contributed by atoms with van der Waals surface area (Å²) < 4.78 is 0.898. The Kier molecular flexibility index (Phi) is 2.21. The maximum absolute atomic E-state index is 5.79. The molecule has 1 nitrogen and oxygen atoms in total.